The summed E-state index contributed by atoms with van der Waals surface area (Å²) in [6, 6.07) is 16.5. The minimum Gasteiger partial charge on any atom is -0.497 e. The van der Waals surface area contributed by atoms with Crippen molar-refractivity contribution in [1.29, 1.82) is 0 Å². The number of carbonyl (C=O) groups is 1. The van der Waals surface area contributed by atoms with E-state index in [-0.39, 0.29) is 5.92 Å². The maximum absolute atomic E-state index is 13.1. The molecule has 0 unspecified atom stereocenters. The van der Waals surface area contributed by atoms with E-state index in [1.807, 2.05) is 25.1 Å². The first kappa shape index (κ1) is 22.5. The molecule has 0 spiro atoms. The number of ether oxygens (including phenoxy) is 2. The SMILES string of the molecule is CCOc1cccc(CN2CCC(C(=O)N3CCN(c4ccc(OC)cc4)CC3)CC2)c1. The summed E-state index contributed by atoms with van der Waals surface area (Å²) >= 11 is 0. The molecule has 0 bridgehead atoms. The predicted octanol–water partition coefficient (Wildman–Crippen LogP) is 3.65. The van der Waals surface area contributed by atoms with E-state index in [4.69, 9.17) is 9.47 Å². The van der Waals surface area contributed by atoms with E-state index in [2.05, 4.69) is 45.0 Å². The highest BCUT2D eigenvalue weighted by molar-refractivity contribution is 5.79. The molecule has 4 rings (SSSR count). The molecule has 0 saturated carbocycles. The van der Waals surface area contributed by atoms with Crippen LogP contribution in [-0.2, 0) is 11.3 Å². The van der Waals surface area contributed by atoms with Gasteiger partial charge in [-0.15, -0.1) is 0 Å². The Bertz CT molecular complexity index is 870. The zero-order valence-corrected chi connectivity index (χ0v) is 19.3. The van der Waals surface area contributed by atoms with Crippen LogP contribution in [0.3, 0.4) is 0 Å². The number of piperazine rings is 1. The lowest BCUT2D eigenvalue weighted by molar-refractivity contribution is -0.137. The maximum Gasteiger partial charge on any atom is 0.225 e. The van der Waals surface area contributed by atoms with Crippen LogP contribution in [0.1, 0.15) is 25.3 Å². The number of piperidine rings is 1. The van der Waals surface area contributed by atoms with Crippen molar-refractivity contribution < 1.29 is 14.3 Å². The standard InChI is InChI=1S/C26H35N3O3/c1-3-32-25-6-4-5-21(19-25)20-27-13-11-22(12-14-27)26(30)29-17-15-28(16-18-29)23-7-9-24(31-2)10-8-23/h4-10,19,22H,3,11-18,20H2,1-2H3. The lowest BCUT2D eigenvalue weighted by atomic mass is 9.94. The summed E-state index contributed by atoms with van der Waals surface area (Å²) < 4.78 is 10.9. The zero-order chi connectivity index (χ0) is 22.3. The highest BCUT2D eigenvalue weighted by Crippen LogP contribution is 2.25. The Morgan fingerprint density at radius 2 is 1.66 bits per heavy atom. The topological polar surface area (TPSA) is 45.2 Å². The Balaban J connectivity index is 1.23. The van der Waals surface area contributed by atoms with Crippen molar-refractivity contribution in [3.8, 4) is 11.5 Å². The minimum absolute atomic E-state index is 0.161. The molecule has 6 nitrogen and oxygen atoms in total. The van der Waals surface area contributed by atoms with E-state index in [0.717, 1.165) is 70.2 Å². The average Bonchev–Trinajstić information content (AvgIpc) is 2.85. The van der Waals surface area contributed by atoms with E-state index in [0.29, 0.717) is 12.5 Å². The summed E-state index contributed by atoms with van der Waals surface area (Å²) in [6.07, 6.45) is 1.89. The maximum atomic E-state index is 13.1. The normalized spacial score (nSPS) is 17.9. The van der Waals surface area contributed by atoms with Gasteiger partial charge in [-0.2, -0.15) is 0 Å². The Morgan fingerprint density at radius 1 is 0.938 bits per heavy atom. The number of nitrogens with zero attached hydrogens (tertiary/aromatic N) is 3. The highest BCUT2D eigenvalue weighted by Gasteiger charge is 2.30. The van der Waals surface area contributed by atoms with Gasteiger partial charge in [0.1, 0.15) is 11.5 Å². The Kier molecular flexibility index (Phi) is 7.53. The van der Waals surface area contributed by atoms with Crippen molar-refractivity contribution in [3.05, 3.63) is 54.1 Å². The summed E-state index contributed by atoms with van der Waals surface area (Å²) in [7, 11) is 1.68. The van der Waals surface area contributed by atoms with Crippen LogP contribution >= 0.6 is 0 Å². The van der Waals surface area contributed by atoms with E-state index in [1.54, 1.807) is 7.11 Å². The molecule has 2 heterocycles. The summed E-state index contributed by atoms with van der Waals surface area (Å²) in [5, 5.41) is 0. The lowest BCUT2D eigenvalue weighted by Crippen LogP contribution is -2.51. The van der Waals surface area contributed by atoms with Crippen molar-refractivity contribution in [2.24, 2.45) is 5.92 Å². The summed E-state index contributed by atoms with van der Waals surface area (Å²) in [6.45, 7) is 8.92. The van der Waals surface area contributed by atoms with Gasteiger partial charge in [0.2, 0.25) is 5.91 Å². The number of hydrogen-bond donors (Lipinski definition) is 0. The van der Waals surface area contributed by atoms with Gasteiger partial charge in [0.05, 0.1) is 13.7 Å². The molecule has 172 valence electrons. The third kappa shape index (κ3) is 5.54. The molecule has 2 fully saturated rings. The third-order valence-corrected chi connectivity index (χ3v) is 6.58. The van der Waals surface area contributed by atoms with E-state index in [1.165, 1.54) is 11.3 Å². The van der Waals surface area contributed by atoms with Crippen LogP contribution in [0.15, 0.2) is 48.5 Å². The van der Waals surface area contributed by atoms with Gasteiger partial charge in [-0.05, 0) is 74.8 Å². The van der Waals surface area contributed by atoms with Crippen LogP contribution in [-0.4, -0.2) is 68.7 Å². The van der Waals surface area contributed by atoms with Crippen molar-refractivity contribution in [3.63, 3.8) is 0 Å². The molecule has 2 aromatic carbocycles. The summed E-state index contributed by atoms with van der Waals surface area (Å²) in [5.74, 6) is 2.31. The summed E-state index contributed by atoms with van der Waals surface area (Å²) in [4.78, 5) is 20.0. The van der Waals surface area contributed by atoms with Crippen LogP contribution in [0.5, 0.6) is 11.5 Å². The van der Waals surface area contributed by atoms with Crippen LogP contribution in [0.25, 0.3) is 0 Å². The minimum atomic E-state index is 0.161. The van der Waals surface area contributed by atoms with E-state index < -0.39 is 0 Å². The summed E-state index contributed by atoms with van der Waals surface area (Å²) in [5.41, 5.74) is 2.47. The van der Waals surface area contributed by atoms with Crippen LogP contribution < -0.4 is 14.4 Å². The number of hydrogen-bond acceptors (Lipinski definition) is 5. The first-order valence-electron chi connectivity index (χ1n) is 11.8. The van der Waals surface area contributed by atoms with Crippen LogP contribution in [0.2, 0.25) is 0 Å². The number of methoxy groups -OCH3 is 1. The van der Waals surface area contributed by atoms with E-state index >= 15 is 0 Å². The fourth-order valence-corrected chi connectivity index (χ4v) is 4.73. The highest BCUT2D eigenvalue weighted by atomic mass is 16.5. The fourth-order valence-electron chi connectivity index (χ4n) is 4.73. The molecule has 2 aromatic rings. The third-order valence-electron chi connectivity index (χ3n) is 6.58. The average molecular weight is 438 g/mol. The molecule has 2 aliphatic rings. The van der Waals surface area contributed by atoms with Crippen molar-refractivity contribution in [2.75, 3.05) is 57.9 Å². The van der Waals surface area contributed by atoms with Gasteiger partial charge in [0, 0.05) is 44.3 Å². The van der Waals surface area contributed by atoms with Crippen molar-refractivity contribution in [1.82, 2.24) is 9.80 Å². The van der Waals surface area contributed by atoms with Crippen LogP contribution in [0.4, 0.5) is 5.69 Å². The number of carbonyl (C=O) groups excluding carboxylic acids is 1. The number of benzene rings is 2. The molecule has 1 amide bonds. The van der Waals surface area contributed by atoms with E-state index in [9.17, 15) is 4.79 Å². The molecule has 2 aliphatic heterocycles. The second kappa shape index (κ2) is 10.7. The number of amides is 1. The quantitative estimate of drug-likeness (QED) is 0.662. The molecule has 32 heavy (non-hydrogen) atoms. The second-order valence-electron chi connectivity index (χ2n) is 8.64. The Morgan fingerprint density at radius 3 is 2.31 bits per heavy atom. The Labute approximate surface area is 191 Å². The van der Waals surface area contributed by atoms with Gasteiger partial charge in [0.15, 0.2) is 0 Å². The number of likely N-dealkylation sites (tertiary alicyclic amines) is 1. The molecular formula is C26H35N3O3. The molecule has 0 atom stereocenters. The largest absolute Gasteiger partial charge is 0.497 e. The first-order chi connectivity index (χ1) is 15.7. The zero-order valence-electron chi connectivity index (χ0n) is 19.3. The van der Waals surface area contributed by atoms with Gasteiger partial charge < -0.3 is 19.3 Å². The smallest absolute Gasteiger partial charge is 0.225 e. The van der Waals surface area contributed by atoms with Gasteiger partial charge in [-0.3, -0.25) is 9.69 Å². The van der Waals surface area contributed by atoms with Gasteiger partial charge >= 0.3 is 0 Å². The molecular weight excluding hydrogens is 402 g/mol. The fraction of sp³-hybridized carbons (Fsp3) is 0.500. The molecule has 0 radical (unpaired) electrons. The van der Waals surface area contributed by atoms with Gasteiger partial charge in [-0.1, -0.05) is 12.1 Å². The van der Waals surface area contributed by atoms with Crippen molar-refractivity contribution >= 4 is 11.6 Å². The Hall–Kier alpha value is -2.73. The predicted molar refractivity (Wildman–Crippen MR) is 127 cm³/mol. The number of rotatable bonds is 7. The first-order valence-corrected chi connectivity index (χ1v) is 11.8. The molecule has 6 heteroatoms. The number of anilines is 1. The molecule has 0 N–H and O–H groups in total. The molecule has 0 aliphatic carbocycles. The molecule has 0 aromatic heterocycles. The second-order valence-corrected chi connectivity index (χ2v) is 8.64. The lowest BCUT2D eigenvalue weighted by Gasteiger charge is -2.39. The van der Waals surface area contributed by atoms with Crippen LogP contribution in [0, 0.1) is 5.92 Å². The molecule has 2 saturated heterocycles. The van der Waals surface area contributed by atoms with Crippen molar-refractivity contribution in [2.45, 2.75) is 26.3 Å². The monoisotopic (exact) mass is 437 g/mol. The van der Waals surface area contributed by atoms with Gasteiger partial charge in [0.25, 0.3) is 0 Å². The van der Waals surface area contributed by atoms with Gasteiger partial charge in [-0.25, -0.2) is 0 Å².